The number of rotatable bonds is 6. The van der Waals surface area contributed by atoms with Crippen molar-refractivity contribution in [2.75, 3.05) is 38.5 Å². The zero-order valence-corrected chi connectivity index (χ0v) is 19.0. The van der Waals surface area contributed by atoms with Gasteiger partial charge in [0.25, 0.3) is 0 Å². The molecule has 2 amide bonds. The molecule has 1 saturated heterocycles. The zero-order chi connectivity index (χ0) is 22.5. The van der Waals surface area contributed by atoms with E-state index in [4.69, 9.17) is 4.74 Å². The summed E-state index contributed by atoms with van der Waals surface area (Å²) in [7, 11) is 0. The Hall–Kier alpha value is -2.88. The van der Waals surface area contributed by atoms with Gasteiger partial charge in [0.1, 0.15) is 5.03 Å². The summed E-state index contributed by atoms with van der Waals surface area (Å²) in [6, 6.07) is 3.80. The van der Waals surface area contributed by atoms with Crippen molar-refractivity contribution in [3.63, 3.8) is 0 Å². The van der Waals surface area contributed by atoms with Crippen LogP contribution in [0.3, 0.4) is 0 Å². The van der Waals surface area contributed by atoms with Gasteiger partial charge in [0, 0.05) is 49.8 Å². The maximum absolute atomic E-state index is 12.8. The molecule has 2 aromatic rings. The highest BCUT2D eigenvalue weighted by Crippen LogP contribution is 2.29. The molecule has 2 aromatic heterocycles. The Bertz CT molecular complexity index is 1030. The smallest absolute Gasteiger partial charge is 0.409 e. The maximum atomic E-state index is 12.8. The third-order valence-corrected chi connectivity index (χ3v) is 6.78. The van der Waals surface area contributed by atoms with Crippen LogP contribution in [0.5, 0.6) is 0 Å². The van der Waals surface area contributed by atoms with Crippen LogP contribution >= 0.6 is 11.8 Å². The fourth-order valence-corrected chi connectivity index (χ4v) is 5.09. The largest absolute Gasteiger partial charge is 0.450 e. The number of ether oxygens (including phenoxy) is 1. The molecule has 0 radical (unpaired) electrons. The van der Waals surface area contributed by atoms with Crippen molar-refractivity contribution in [1.29, 1.82) is 0 Å². The first-order chi connectivity index (χ1) is 15.6. The van der Waals surface area contributed by atoms with Gasteiger partial charge in [0.15, 0.2) is 0 Å². The topological polar surface area (TPSA) is 97.6 Å². The molecule has 0 spiro atoms. The van der Waals surface area contributed by atoms with E-state index in [1.807, 2.05) is 12.1 Å². The van der Waals surface area contributed by atoms with Crippen LogP contribution in [-0.2, 0) is 28.9 Å². The highest BCUT2D eigenvalue weighted by atomic mass is 32.2. The first-order valence-corrected chi connectivity index (χ1v) is 11.9. The highest BCUT2D eigenvalue weighted by molar-refractivity contribution is 7.99. The summed E-state index contributed by atoms with van der Waals surface area (Å²) in [5.41, 5.74) is 2.85. The first kappa shape index (κ1) is 22.3. The quantitative estimate of drug-likeness (QED) is 0.480. The lowest BCUT2D eigenvalue weighted by Crippen LogP contribution is -2.51. The Balaban J connectivity index is 1.39. The molecule has 2 aliphatic rings. The number of hydrogen-bond acceptors (Lipinski definition) is 7. The Labute approximate surface area is 190 Å². The first-order valence-electron chi connectivity index (χ1n) is 10.9. The molecule has 9 nitrogen and oxygen atoms in total. The Morgan fingerprint density at radius 3 is 2.53 bits per heavy atom. The van der Waals surface area contributed by atoms with Crippen molar-refractivity contribution < 1.29 is 14.3 Å². The predicted molar refractivity (Wildman–Crippen MR) is 120 cm³/mol. The van der Waals surface area contributed by atoms with Crippen molar-refractivity contribution in [2.24, 2.45) is 0 Å². The fraction of sp³-hybridized carbons (Fsp3) is 0.500. The van der Waals surface area contributed by atoms with Crippen molar-refractivity contribution in [3.05, 3.63) is 51.8 Å². The number of hydrogen-bond donors (Lipinski definition) is 0. The van der Waals surface area contributed by atoms with E-state index in [1.165, 1.54) is 11.8 Å². The van der Waals surface area contributed by atoms with Gasteiger partial charge in [-0.15, -0.1) is 0 Å². The van der Waals surface area contributed by atoms with Crippen LogP contribution in [0.25, 0.3) is 0 Å². The molecular weight excluding hydrogens is 430 g/mol. The highest BCUT2D eigenvalue weighted by Gasteiger charge is 2.26. The van der Waals surface area contributed by atoms with Crippen LogP contribution in [0.15, 0.2) is 34.3 Å². The number of carbonyl (C=O) groups is 2. The molecule has 1 aliphatic heterocycles. The third-order valence-electron chi connectivity index (χ3n) is 5.78. The Morgan fingerprint density at radius 1 is 1.09 bits per heavy atom. The minimum Gasteiger partial charge on any atom is -0.450 e. The van der Waals surface area contributed by atoms with E-state index in [1.54, 1.807) is 33.7 Å². The summed E-state index contributed by atoms with van der Waals surface area (Å²) in [6.07, 6.45) is 5.80. The zero-order valence-electron chi connectivity index (χ0n) is 18.2. The average Bonchev–Trinajstić information content (AvgIpc) is 3.30. The number of thioether (sulfide) groups is 1. The third kappa shape index (κ3) is 4.95. The van der Waals surface area contributed by atoms with Crippen LogP contribution in [0.2, 0.25) is 0 Å². The predicted octanol–water partition coefficient (Wildman–Crippen LogP) is 1.57. The van der Waals surface area contributed by atoms with Crippen molar-refractivity contribution >= 4 is 23.8 Å². The van der Waals surface area contributed by atoms with E-state index in [9.17, 15) is 14.4 Å². The van der Waals surface area contributed by atoms with E-state index in [0.29, 0.717) is 44.4 Å². The van der Waals surface area contributed by atoms with Crippen LogP contribution < -0.4 is 5.69 Å². The summed E-state index contributed by atoms with van der Waals surface area (Å²) in [5.74, 6) is 0.222. The molecule has 170 valence electrons. The van der Waals surface area contributed by atoms with E-state index >= 15 is 0 Å². The molecule has 0 atom stereocenters. The van der Waals surface area contributed by atoms with Crippen LogP contribution in [0, 0.1) is 0 Å². The number of aromatic nitrogens is 3. The normalized spacial score (nSPS) is 15.5. The molecule has 32 heavy (non-hydrogen) atoms. The summed E-state index contributed by atoms with van der Waals surface area (Å²) in [5, 5.41) is 0.673. The summed E-state index contributed by atoms with van der Waals surface area (Å²) in [4.78, 5) is 49.1. The minimum absolute atomic E-state index is 0.00646. The van der Waals surface area contributed by atoms with Gasteiger partial charge in [0.05, 0.1) is 18.9 Å². The lowest BCUT2D eigenvalue weighted by atomic mass is 10.2. The number of carbonyl (C=O) groups excluding carboxylic acids is 2. The number of amides is 2. The molecular formula is C22H27N5O4S. The summed E-state index contributed by atoms with van der Waals surface area (Å²) < 4.78 is 6.77. The molecule has 0 N–H and O–H groups in total. The van der Waals surface area contributed by atoms with Crippen molar-refractivity contribution in [2.45, 2.75) is 37.8 Å². The molecule has 0 unspecified atom stereocenters. The van der Waals surface area contributed by atoms with Gasteiger partial charge in [-0.25, -0.2) is 9.59 Å². The van der Waals surface area contributed by atoms with Crippen LogP contribution in [0.1, 0.15) is 30.2 Å². The van der Waals surface area contributed by atoms with Gasteiger partial charge < -0.3 is 14.5 Å². The summed E-state index contributed by atoms with van der Waals surface area (Å²) >= 11 is 1.34. The summed E-state index contributed by atoms with van der Waals surface area (Å²) in [6.45, 7) is 4.49. The standard InChI is InChI=1S/C22H27N5O4S/c1-2-31-22(30)26-12-10-25(11-13-26)19(28)15-32-20-17-4-3-5-18(17)27(21(29)24-20)14-16-6-8-23-9-7-16/h6-9H,2-5,10-15H2,1H3. The molecule has 10 heteroatoms. The lowest BCUT2D eigenvalue weighted by molar-refractivity contribution is -0.129. The number of nitrogens with zero attached hydrogens (tertiary/aromatic N) is 5. The van der Waals surface area contributed by atoms with E-state index in [0.717, 1.165) is 36.1 Å². The number of piperazine rings is 1. The van der Waals surface area contributed by atoms with E-state index < -0.39 is 0 Å². The second-order valence-electron chi connectivity index (χ2n) is 7.78. The SMILES string of the molecule is CCOC(=O)N1CCN(C(=O)CSc2nc(=O)n(Cc3ccncc3)c3c2CCC3)CC1. The van der Waals surface area contributed by atoms with Gasteiger partial charge in [-0.2, -0.15) is 4.98 Å². The molecule has 4 rings (SSSR count). The van der Waals surface area contributed by atoms with Crippen LogP contribution in [0.4, 0.5) is 4.79 Å². The van der Waals surface area contributed by atoms with Gasteiger partial charge in [-0.05, 0) is 43.9 Å². The van der Waals surface area contributed by atoms with Gasteiger partial charge in [-0.1, -0.05) is 11.8 Å². The Morgan fingerprint density at radius 2 is 1.81 bits per heavy atom. The lowest BCUT2D eigenvalue weighted by Gasteiger charge is -2.34. The van der Waals surface area contributed by atoms with Gasteiger partial charge >= 0.3 is 11.8 Å². The number of fused-ring (bicyclic) bond motifs is 1. The van der Waals surface area contributed by atoms with Gasteiger partial charge in [0.2, 0.25) is 5.91 Å². The fourth-order valence-electron chi connectivity index (χ4n) is 4.11. The molecule has 1 aliphatic carbocycles. The second-order valence-corrected chi connectivity index (χ2v) is 8.74. The Kier molecular flexibility index (Phi) is 7.09. The minimum atomic E-state index is -0.332. The molecule has 0 bridgehead atoms. The maximum Gasteiger partial charge on any atom is 0.409 e. The molecule has 3 heterocycles. The monoisotopic (exact) mass is 457 g/mol. The van der Waals surface area contributed by atoms with Crippen molar-refractivity contribution in [1.82, 2.24) is 24.3 Å². The van der Waals surface area contributed by atoms with E-state index in [-0.39, 0.29) is 23.4 Å². The van der Waals surface area contributed by atoms with E-state index in [2.05, 4.69) is 9.97 Å². The molecule has 0 aromatic carbocycles. The molecule has 1 fully saturated rings. The average molecular weight is 458 g/mol. The van der Waals surface area contributed by atoms with Crippen LogP contribution in [-0.4, -0.2) is 74.9 Å². The second kappa shape index (κ2) is 10.2. The molecule has 0 saturated carbocycles. The van der Waals surface area contributed by atoms with Gasteiger partial charge in [-0.3, -0.25) is 14.3 Å². The number of pyridine rings is 1. The van der Waals surface area contributed by atoms with Crippen molar-refractivity contribution in [3.8, 4) is 0 Å².